The van der Waals surface area contributed by atoms with E-state index in [0.29, 0.717) is 12.0 Å². The molecule has 72 valence electrons. The van der Waals surface area contributed by atoms with Gasteiger partial charge < -0.3 is 10.5 Å². The second-order valence-electron chi connectivity index (χ2n) is 3.89. The maximum atomic E-state index is 6.08. The summed E-state index contributed by atoms with van der Waals surface area (Å²) in [6, 6.07) is 0.257. The molecule has 1 fully saturated rings. The zero-order valence-electron chi connectivity index (χ0n) is 8.25. The van der Waals surface area contributed by atoms with E-state index in [1.807, 2.05) is 0 Å². The number of ether oxygens (including phenoxy) is 1. The summed E-state index contributed by atoms with van der Waals surface area (Å²) < 4.78 is 5.56. The lowest BCUT2D eigenvalue weighted by atomic mass is 9.92. The van der Waals surface area contributed by atoms with Gasteiger partial charge >= 0.3 is 0 Å². The second-order valence-corrected chi connectivity index (χ2v) is 3.89. The fourth-order valence-electron chi connectivity index (χ4n) is 1.92. The minimum atomic E-state index is 0.257. The molecule has 3 unspecified atom stereocenters. The molecular formula is C10H21NO. The molecule has 0 aromatic heterocycles. The van der Waals surface area contributed by atoms with E-state index in [1.54, 1.807) is 0 Å². The smallest absolute Gasteiger partial charge is 0.0729 e. The lowest BCUT2D eigenvalue weighted by Gasteiger charge is -2.24. The zero-order chi connectivity index (χ0) is 8.97. The Morgan fingerprint density at radius 2 is 2.33 bits per heavy atom. The highest BCUT2D eigenvalue weighted by molar-refractivity contribution is 4.81. The van der Waals surface area contributed by atoms with E-state index in [4.69, 9.17) is 10.5 Å². The lowest BCUT2D eigenvalue weighted by molar-refractivity contribution is 0.0729. The Labute approximate surface area is 75.5 Å². The van der Waals surface area contributed by atoms with Gasteiger partial charge in [-0.25, -0.2) is 0 Å². The molecule has 0 spiro atoms. The van der Waals surface area contributed by atoms with Crippen molar-refractivity contribution in [3.8, 4) is 0 Å². The van der Waals surface area contributed by atoms with Crippen molar-refractivity contribution in [2.45, 2.75) is 51.7 Å². The predicted octanol–water partition coefficient (Wildman–Crippen LogP) is 1.93. The number of nitrogens with two attached hydrogens (primary N) is 1. The van der Waals surface area contributed by atoms with Crippen LogP contribution in [0.5, 0.6) is 0 Å². The Kier molecular flexibility index (Phi) is 4.02. The molecule has 0 amide bonds. The topological polar surface area (TPSA) is 35.2 Å². The van der Waals surface area contributed by atoms with E-state index in [1.165, 1.54) is 19.3 Å². The summed E-state index contributed by atoms with van der Waals surface area (Å²) >= 11 is 0. The van der Waals surface area contributed by atoms with Crippen molar-refractivity contribution < 1.29 is 4.74 Å². The molecule has 2 N–H and O–H groups in total. The summed E-state index contributed by atoms with van der Waals surface area (Å²) in [4.78, 5) is 0. The third-order valence-corrected chi connectivity index (χ3v) is 2.80. The van der Waals surface area contributed by atoms with Crippen LogP contribution in [0.15, 0.2) is 0 Å². The van der Waals surface area contributed by atoms with Crippen LogP contribution in [0.4, 0.5) is 0 Å². The third-order valence-electron chi connectivity index (χ3n) is 2.80. The van der Waals surface area contributed by atoms with Crippen LogP contribution in [0.2, 0.25) is 0 Å². The average molecular weight is 171 g/mol. The first-order valence-electron chi connectivity index (χ1n) is 5.13. The van der Waals surface area contributed by atoms with Gasteiger partial charge in [-0.2, -0.15) is 0 Å². The zero-order valence-corrected chi connectivity index (χ0v) is 8.25. The van der Waals surface area contributed by atoms with Crippen molar-refractivity contribution >= 4 is 0 Å². The molecule has 1 aliphatic heterocycles. The Balaban J connectivity index is 2.29. The maximum absolute atomic E-state index is 6.08. The maximum Gasteiger partial charge on any atom is 0.0729 e. The molecule has 2 heteroatoms. The minimum Gasteiger partial charge on any atom is -0.377 e. The van der Waals surface area contributed by atoms with Gasteiger partial charge in [0, 0.05) is 12.6 Å². The summed E-state index contributed by atoms with van der Waals surface area (Å²) in [7, 11) is 0. The first-order chi connectivity index (χ1) is 5.75. The Morgan fingerprint density at radius 3 is 2.83 bits per heavy atom. The summed E-state index contributed by atoms with van der Waals surface area (Å²) in [6.45, 7) is 5.35. The highest BCUT2D eigenvalue weighted by atomic mass is 16.5. The van der Waals surface area contributed by atoms with Gasteiger partial charge in [0.2, 0.25) is 0 Å². The fourth-order valence-corrected chi connectivity index (χ4v) is 1.92. The highest BCUT2D eigenvalue weighted by Crippen LogP contribution is 2.21. The molecule has 1 heterocycles. The van der Waals surface area contributed by atoms with Gasteiger partial charge in [0.05, 0.1) is 6.10 Å². The normalized spacial score (nSPS) is 28.8. The van der Waals surface area contributed by atoms with Crippen LogP contribution in [0.3, 0.4) is 0 Å². The molecule has 0 aromatic rings. The van der Waals surface area contributed by atoms with E-state index in [0.717, 1.165) is 13.0 Å². The van der Waals surface area contributed by atoms with Gasteiger partial charge in [0.25, 0.3) is 0 Å². The Morgan fingerprint density at radius 1 is 1.58 bits per heavy atom. The van der Waals surface area contributed by atoms with Crippen LogP contribution in [0.25, 0.3) is 0 Å². The summed E-state index contributed by atoms with van der Waals surface area (Å²) in [5.41, 5.74) is 6.08. The van der Waals surface area contributed by atoms with Gasteiger partial charge in [0.15, 0.2) is 0 Å². The van der Waals surface area contributed by atoms with Gasteiger partial charge in [-0.1, -0.05) is 20.3 Å². The quantitative estimate of drug-likeness (QED) is 0.701. The van der Waals surface area contributed by atoms with Gasteiger partial charge in [-0.15, -0.1) is 0 Å². The van der Waals surface area contributed by atoms with E-state index in [2.05, 4.69) is 13.8 Å². The molecule has 0 radical (unpaired) electrons. The van der Waals surface area contributed by atoms with E-state index in [9.17, 15) is 0 Å². The monoisotopic (exact) mass is 171 g/mol. The van der Waals surface area contributed by atoms with Crippen molar-refractivity contribution in [1.29, 1.82) is 0 Å². The van der Waals surface area contributed by atoms with Crippen molar-refractivity contribution in [2.24, 2.45) is 11.7 Å². The molecule has 1 rings (SSSR count). The molecule has 0 bridgehead atoms. The number of rotatable bonds is 4. The number of hydrogen-bond acceptors (Lipinski definition) is 2. The number of hydrogen-bond donors (Lipinski definition) is 1. The van der Waals surface area contributed by atoms with Crippen LogP contribution in [-0.4, -0.2) is 18.8 Å². The van der Waals surface area contributed by atoms with E-state index < -0.39 is 0 Å². The molecule has 2 nitrogen and oxygen atoms in total. The van der Waals surface area contributed by atoms with Crippen LogP contribution in [0, 0.1) is 5.92 Å². The fraction of sp³-hybridized carbons (Fsp3) is 1.00. The first kappa shape index (κ1) is 10.0. The molecule has 0 aliphatic carbocycles. The van der Waals surface area contributed by atoms with Gasteiger partial charge in [-0.05, 0) is 25.2 Å². The molecule has 12 heavy (non-hydrogen) atoms. The Bertz CT molecular complexity index is 121. The Hall–Kier alpha value is -0.0800. The SMILES string of the molecule is CCCC(C)C(N)C1CCCO1. The second kappa shape index (κ2) is 4.83. The van der Waals surface area contributed by atoms with Gasteiger partial charge in [-0.3, -0.25) is 0 Å². The van der Waals surface area contributed by atoms with Crippen molar-refractivity contribution in [3.05, 3.63) is 0 Å². The molecule has 0 saturated carbocycles. The van der Waals surface area contributed by atoms with Crippen LogP contribution >= 0.6 is 0 Å². The molecule has 1 aliphatic rings. The van der Waals surface area contributed by atoms with Crippen molar-refractivity contribution in [1.82, 2.24) is 0 Å². The summed E-state index contributed by atoms with van der Waals surface area (Å²) in [5, 5.41) is 0. The molecular weight excluding hydrogens is 150 g/mol. The predicted molar refractivity (Wildman–Crippen MR) is 51.0 cm³/mol. The van der Waals surface area contributed by atoms with E-state index in [-0.39, 0.29) is 6.04 Å². The van der Waals surface area contributed by atoms with E-state index >= 15 is 0 Å². The largest absolute Gasteiger partial charge is 0.377 e. The minimum absolute atomic E-state index is 0.257. The standard InChI is InChI=1S/C10H21NO/c1-3-5-8(2)10(11)9-6-4-7-12-9/h8-10H,3-7,11H2,1-2H3. The van der Waals surface area contributed by atoms with Gasteiger partial charge in [0.1, 0.15) is 0 Å². The molecule has 1 saturated heterocycles. The highest BCUT2D eigenvalue weighted by Gasteiger charge is 2.26. The summed E-state index contributed by atoms with van der Waals surface area (Å²) in [6.07, 6.45) is 5.14. The molecule has 3 atom stereocenters. The van der Waals surface area contributed by atoms with Crippen LogP contribution in [0.1, 0.15) is 39.5 Å². The van der Waals surface area contributed by atoms with Crippen molar-refractivity contribution in [2.75, 3.05) is 6.61 Å². The van der Waals surface area contributed by atoms with Crippen molar-refractivity contribution in [3.63, 3.8) is 0 Å². The molecule has 0 aromatic carbocycles. The summed E-state index contributed by atoms with van der Waals surface area (Å²) in [5.74, 6) is 0.609. The third kappa shape index (κ3) is 2.46. The first-order valence-corrected chi connectivity index (χ1v) is 5.13. The van der Waals surface area contributed by atoms with Crippen LogP contribution in [-0.2, 0) is 4.74 Å². The van der Waals surface area contributed by atoms with Crippen LogP contribution < -0.4 is 5.73 Å². The lowest BCUT2D eigenvalue weighted by Crippen LogP contribution is -2.39. The average Bonchev–Trinajstić information content (AvgIpc) is 2.55.